The standard InChI is InChI=1S/C21H15ClF2N2/c22-15-8-9-18(25-12-15)13-4-6-14(7-5-13)19-10-11-20(26-19)21-16(23)2-1-3-17(21)24/h1-9,12,19H,10-11H2. The fourth-order valence-electron chi connectivity index (χ4n) is 3.22. The Kier molecular flexibility index (Phi) is 4.51. The van der Waals surface area contributed by atoms with Crippen LogP contribution >= 0.6 is 11.6 Å². The maximum Gasteiger partial charge on any atom is 0.135 e. The predicted molar refractivity (Wildman–Crippen MR) is 99.6 cm³/mol. The Balaban J connectivity index is 1.59. The summed E-state index contributed by atoms with van der Waals surface area (Å²) in [6, 6.07) is 15.4. The molecule has 2 aromatic carbocycles. The average Bonchev–Trinajstić information content (AvgIpc) is 3.12. The fraction of sp³-hybridized carbons (Fsp3) is 0.143. The quantitative estimate of drug-likeness (QED) is 0.556. The number of halogens is 3. The van der Waals surface area contributed by atoms with Crippen molar-refractivity contribution in [2.45, 2.75) is 18.9 Å². The third-order valence-electron chi connectivity index (χ3n) is 4.54. The summed E-state index contributed by atoms with van der Waals surface area (Å²) in [6.07, 6.45) is 2.91. The number of aromatic nitrogens is 1. The minimum Gasteiger partial charge on any atom is -0.281 e. The van der Waals surface area contributed by atoms with E-state index in [1.807, 2.05) is 30.3 Å². The highest BCUT2D eigenvalue weighted by Gasteiger charge is 2.24. The smallest absolute Gasteiger partial charge is 0.135 e. The average molecular weight is 369 g/mol. The Labute approximate surface area is 155 Å². The summed E-state index contributed by atoms with van der Waals surface area (Å²) in [5.41, 5.74) is 3.33. The Morgan fingerprint density at radius 3 is 2.31 bits per heavy atom. The van der Waals surface area contributed by atoms with Gasteiger partial charge in [0, 0.05) is 17.5 Å². The molecule has 130 valence electrons. The third-order valence-corrected chi connectivity index (χ3v) is 4.76. The molecule has 0 saturated carbocycles. The third kappa shape index (κ3) is 3.25. The molecule has 5 heteroatoms. The topological polar surface area (TPSA) is 25.2 Å². The van der Waals surface area contributed by atoms with Crippen molar-refractivity contribution in [1.29, 1.82) is 0 Å². The Bertz CT molecular complexity index is 946. The van der Waals surface area contributed by atoms with E-state index >= 15 is 0 Å². The molecule has 1 unspecified atom stereocenters. The molecule has 1 aromatic heterocycles. The van der Waals surface area contributed by atoms with Crippen LogP contribution in [0.5, 0.6) is 0 Å². The maximum absolute atomic E-state index is 14.0. The molecule has 1 atom stereocenters. The van der Waals surface area contributed by atoms with E-state index in [1.54, 1.807) is 12.3 Å². The molecule has 0 fully saturated rings. The first kappa shape index (κ1) is 16.9. The summed E-state index contributed by atoms with van der Waals surface area (Å²) >= 11 is 5.87. The van der Waals surface area contributed by atoms with Crippen LogP contribution in [-0.2, 0) is 0 Å². The molecular weight excluding hydrogens is 354 g/mol. The normalized spacial score (nSPS) is 16.6. The van der Waals surface area contributed by atoms with Crippen LogP contribution in [0.3, 0.4) is 0 Å². The van der Waals surface area contributed by atoms with Gasteiger partial charge in [-0.15, -0.1) is 0 Å². The molecule has 0 bridgehead atoms. The SMILES string of the molecule is Fc1cccc(F)c1C1=NC(c2ccc(-c3ccc(Cl)cn3)cc2)CC1. The first-order chi connectivity index (χ1) is 12.6. The van der Waals surface area contributed by atoms with Gasteiger partial charge in [0.15, 0.2) is 0 Å². The predicted octanol–water partition coefficient (Wildman–Crippen LogP) is 6.00. The van der Waals surface area contributed by atoms with E-state index in [0.717, 1.165) is 23.2 Å². The van der Waals surface area contributed by atoms with Crippen molar-refractivity contribution in [3.05, 3.63) is 88.6 Å². The first-order valence-electron chi connectivity index (χ1n) is 8.35. The van der Waals surface area contributed by atoms with Crippen molar-refractivity contribution in [1.82, 2.24) is 4.98 Å². The van der Waals surface area contributed by atoms with E-state index in [1.165, 1.54) is 18.2 Å². The van der Waals surface area contributed by atoms with Crippen LogP contribution in [-0.4, -0.2) is 10.7 Å². The Morgan fingerprint density at radius 1 is 0.923 bits per heavy atom. The molecule has 0 spiro atoms. The van der Waals surface area contributed by atoms with Crippen molar-refractivity contribution in [2.75, 3.05) is 0 Å². The van der Waals surface area contributed by atoms with Gasteiger partial charge in [-0.05, 0) is 42.7 Å². The van der Waals surface area contributed by atoms with Crippen LogP contribution in [0.2, 0.25) is 5.02 Å². The van der Waals surface area contributed by atoms with Crippen molar-refractivity contribution in [3.8, 4) is 11.3 Å². The lowest BCUT2D eigenvalue weighted by Gasteiger charge is -2.08. The van der Waals surface area contributed by atoms with Crippen LogP contribution in [0.25, 0.3) is 11.3 Å². The van der Waals surface area contributed by atoms with E-state index in [-0.39, 0.29) is 11.6 Å². The summed E-state index contributed by atoms with van der Waals surface area (Å²) in [5, 5.41) is 0.596. The molecule has 0 radical (unpaired) electrons. The van der Waals surface area contributed by atoms with E-state index in [9.17, 15) is 8.78 Å². The summed E-state index contributed by atoms with van der Waals surface area (Å²) in [4.78, 5) is 8.87. The van der Waals surface area contributed by atoms with Crippen molar-refractivity contribution in [3.63, 3.8) is 0 Å². The molecule has 2 nitrogen and oxygen atoms in total. The molecule has 3 aromatic rings. The van der Waals surface area contributed by atoms with Crippen LogP contribution in [0.15, 0.2) is 65.8 Å². The molecule has 0 aliphatic carbocycles. The first-order valence-corrected chi connectivity index (χ1v) is 8.72. The zero-order valence-electron chi connectivity index (χ0n) is 13.8. The molecular formula is C21H15ClF2N2. The van der Waals surface area contributed by atoms with Crippen LogP contribution in [0.4, 0.5) is 8.78 Å². The van der Waals surface area contributed by atoms with Gasteiger partial charge in [0.2, 0.25) is 0 Å². The molecule has 2 heterocycles. The number of pyridine rings is 1. The maximum atomic E-state index is 14.0. The number of hydrogen-bond donors (Lipinski definition) is 0. The Hall–Kier alpha value is -2.59. The lowest BCUT2D eigenvalue weighted by Crippen LogP contribution is -2.03. The molecule has 4 rings (SSSR count). The molecule has 0 N–H and O–H groups in total. The summed E-state index contributed by atoms with van der Waals surface area (Å²) < 4.78 is 27.9. The second-order valence-electron chi connectivity index (χ2n) is 6.21. The zero-order chi connectivity index (χ0) is 18.1. The van der Waals surface area contributed by atoms with E-state index in [0.29, 0.717) is 17.2 Å². The minimum absolute atomic E-state index is 0.00279. The lowest BCUT2D eigenvalue weighted by atomic mass is 10.0. The molecule has 0 amide bonds. The number of nitrogens with zero attached hydrogens (tertiary/aromatic N) is 2. The summed E-state index contributed by atoms with van der Waals surface area (Å²) in [5.74, 6) is -1.12. The monoisotopic (exact) mass is 368 g/mol. The van der Waals surface area contributed by atoms with Gasteiger partial charge in [0.1, 0.15) is 11.6 Å². The van der Waals surface area contributed by atoms with Crippen molar-refractivity contribution < 1.29 is 8.78 Å². The summed E-state index contributed by atoms with van der Waals surface area (Å²) in [7, 11) is 0. The second kappa shape index (κ2) is 6.96. The summed E-state index contributed by atoms with van der Waals surface area (Å²) in [6.45, 7) is 0. The van der Waals surface area contributed by atoms with Crippen LogP contribution < -0.4 is 0 Å². The highest BCUT2D eigenvalue weighted by Crippen LogP contribution is 2.33. The Morgan fingerprint density at radius 2 is 1.65 bits per heavy atom. The van der Waals surface area contributed by atoms with E-state index < -0.39 is 11.6 Å². The van der Waals surface area contributed by atoms with Gasteiger partial charge in [-0.25, -0.2) is 8.78 Å². The number of aliphatic imine (C=N–C) groups is 1. The number of benzene rings is 2. The van der Waals surface area contributed by atoms with Crippen LogP contribution in [0.1, 0.15) is 30.0 Å². The van der Waals surface area contributed by atoms with E-state index in [2.05, 4.69) is 9.98 Å². The number of rotatable bonds is 3. The zero-order valence-corrected chi connectivity index (χ0v) is 14.5. The van der Waals surface area contributed by atoms with Gasteiger partial charge in [0.25, 0.3) is 0 Å². The van der Waals surface area contributed by atoms with Gasteiger partial charge in [-0.3, -0.25) is 9.98 Å². The minimum atomic E-state index is -0.562. The lowest BCUT2D eigenvalue weighted by molar-refractivity contribution is 0.578. The number of hydrogen-bond acceptors (Lipinski definition) is 2. The van der Waals surface area contributed by atoms with Crippen molar-refractivity contribution in [2.24, 2.45) is 4.99 Å². The van der Waals surface area contributed by atoms with Crippen LogP contribution in [0, 0.1) is 11.6 Å². The largest absolute Gasteiger partial charge is 0.281 e. The molecule has 0 saturated heterocycles. The van der Waals surface area contributed by atoms with Gasteiger partial charge in [0.05, 0.1) is 22.3 Å². The van der Waals surface area contributed by atoms with Gasteiger partial charge >= 0.3 is 0 Å². The van der Waals surface area contributed by atoms with Gasteiger partial charge in [-0.1, -0.05) is 41.9 Å². The molecule has 1 aliphatic rings. The van der Waals surface area contributed by atoms with Gasteiger partial charge in [-0.2, -0.15) is 0 Å². The van der Waals surface area contributed by atoms with Gasteiger partial charge < -0.3 is 0 Å². The highest BCUT2D eigenvalue weighted by atomic mass is 35.5. The molecule has 1 aliphatic heterocycles. The van der Waals surface area contributed by atoms with Crippen molar-refractivity contribution >= 4 is 17.3 Å². The molecule has 26 heavy (non-hydrogen) atoms. The fourth-order valence-corrected chi connectivity index (χ4v) is 3.33. The van der Waals surface area contributed by atoms with E-state index in [4.69, 9.17) is 11.6 Å². The second-order valence-corrected chi connectivity index (χ2v) is 6.65. The highest BCUT2D eigenvalue weighted by molar-refractivity contribution is 6.30.